The van der Waals surface area contributed by atoms with Crippen LogP contribution in [0.2, 0.25) is 0 Å². The van der Waals surface area contributed by atoms with E-state index in [1.807, 2.05) is 19.1 Å². The van der Waals surface area contributed by atoms with Crippen LogP contribution in [-0.4, -0.2) is 15.4 Å². The monoisotopic (exact) mass is 204 g/mol. The lowest BCUT2D eigenvalue weighted by Gasteiger charge is -2.01. The molecule has 0 aromatic carbocycles. The fourth-order valence-electron chi connectivity index (χ4n) is 0.626. The Labute approximate surface area is 82.0 Å². The van der Waals surface area contributed by atoms with E-state index >= 15 is 0 Å². The highest BCUT2D eigenvalue weighted by molar-refractivity contribution is 7.74. The van der Waals surface area contributed by atoms with E-state index in [-0.39, 0.29) is 12.5 Å². The topological polar surface area (TPSA) is 46.5 Å². The van der Waals surface area contributed by atoms with Gasteiger partial charge in [-0.25, -0.2) is 0 Å². The lowest BCUT2D eigenvalue weighted by molar-refractivity contribution is 0.279. The summed E-state index contributed by atoms with van der Waals surface area (Å²) in [5.74, 6) is 0.572. The third kappa shape index (κ3) is 9.50. The lowest BCUT2D eigenvalue weighted by atomic mass is 10.2. The number of hydrogen-bond donors (Lipinski definition) is 1. The first kappa shape index (κ1) is 12.6. The van der Waals surface area contributed by atoms with Gasteiger partial charge in [0, 0.05) is 5.92 Å². The first-order valence-electron chi connectivity index (χ1n) is 4.19. The standard InChI is InChI=1S/C9H16O3S/c1-8(2)5-4-6-9(3)7-12-13(10)11/h5-6,8-9H,7H2,1-3H3,(H,10,11). The maximum atomic E-state index is 10.1. The maximum Gasteiger partial charge on any atom is 0.301 e. The molecule has 3 nitrogen and oxygen atoms in total. The molecular formula is C9H16O3S. The summed E-state index contributed by atoms with van der Waals surface area (Å²) in [6, 6.07) is 0. The second kappa shape index (κ2) is 7.04. The molecule has 0 rings (SSSR count). The summed E-state index contributed by atoms with van der Waals surface area (Å²) < 4.78 is 23.0. The quantitative estimate of drug-likeness (QED) is 0.551. The summed E-state index contributed by atoms with van der Waals surface area (Å²) in [6.07, 6.45) is 3.76. The second-order valence-electron chi connectivity index (χ2n) is 3.22. The number of hydrogen-bond acceptors (Lipinski definition) is 2. The third-order valence-corrected chi connectivity index (χ3v) is 1.58. The summed E-state index contributed by atoms with van der Waals surface area (Å²) >= 11 is -2.16. The molecule has 2 unspecified atom stereocenters. The Balaban J connectivity index is 3.79. The van der Waals surface area contributed by atoms with E-state index in [9.17, 15) is 4.21 Å². The minimum Gasteiger partial charge on any atom is -0.284 e. The Hall–Kier alpha value is -0.410. The van der Waals surface area contributed by atoms with Crippen molar-refractivity contribution in [3.63, 3.8) is 0 Å². The SMILES string of the molecule is CC(C)C=C=CC(C)COS(=O)O. The van der Waals surface area contributed by atoms with E-state index in [0.29, 0.717) is 5.92 Å². The van der Waals surface area contributed by atoms with Crippen LogP contribution in [0.1, 0.15) is 20.8 Å². The van der Waals surface area contributed by atoms with Crippen molar-refractivity contribution in [2.45, 2.75) is 20.8 Å². The molecule has 0 radical (unpaired) electrons. The van der Waals surface area contributed by atoms with Crippen LogP contribution in [0.25, 0.3) is 0 Å². The van der Waals surface area contributed by atoms with Crippen molar-refractivity contribution in [1.29, 1.82) is 0 Å². The molecule has 0 heterocycles. The highest BCUT2D eigenvalue weighted by atomic mass is 32.2. The van der Waals surface area contributed by atoms with Crippen LogP contribution in [0.4, 0.5) is 0 Å². The molecule has 0 aliphatic rings. The highest BCUT2D eigenvalue weighted by Crippen LogP contribution is 1.99. The predicted molar refractivity (Wildman–Crippen MR) is 53.4 cm³/mol. The fraction of sp³-hybridized carbons (Fsp3) is 0.667. The molecule has 0 bridgehead atoms. The van der Waals surface area contributed by atoms with E-state index < -0.39 is 11.4 Å². The smallest absolute Gasteiger partial charge is 0.284 e. The van der Waals surface area contributed by atoms with E-state index in [1.165, 1.54) is 0 Å². The third-order valence-electron chi connectivity index (χ3n) is 1.24. The molecule has 0 amide bonds. The van der Waals surface area contributed by atoms with Crippen LogP contribution in [0, 0.1) is 11.8 Å². The minimum absolute atomic E-state index is 0.103. The zero-order valence-electron chi connectivity index (χ0n) is 8.19. The van der Waals surface area contributed by atoms with E-state index in [4.69, 9.17) is 4.55 Å². The van der Waals surface area contributed by atoms with Crippen molar-refractivity contribution in [1.82, 2.24) is 0 Å². The average Bonchev–Trinajstić information content (AvgIpc) is 2.00. The summed E-state index contributed by atoms with van der Waals surface area (Å²) in [5.41, 5.74) is 3.00. The van der Waals surface area contributed by atoms with Gasteiger partial charge in [0.05, 0.1) is 6.61 Å². The van der Waals surface area contributed by atoms with Crippen molar-refractivity contribution >= 4 is 11.4 Å². The molecule has 4 heteroatoms. The van der Waals surface area contributed by atoms with Crippen LogP contribution in [0.3, 0.4) is 0 Å². The predicted octanol–water partition coefficient (Wildman–Crippen LogP) is 2.14. The van der Waals surface area contributed by atoms with Gasteiger partial charge in [0.25, 0.3) is 0 Å². The zero-order chi connectivity index (χ0) is 10.3. The molecule has 2 atom stereocenters. The Morgan fingerprint density at radius 2 is 2.08 bits per heavy atom. The molecule has 76 valence electrons. The van der Waals surface area contributed by atoms with Crippen molar-refractivity contribution in [3.05, 3.63) is 17.9 Å². The van der Waals surface area contributed by atoms with Crippen LogP contribution in [0.5, 0.6) is 0 Å². The lowest BCUT2D eigenvalue weighted by Crippen LogP contribution is -2.04. The first-order valence-corrected chi connectivity index (χ1v) is 5.22. The minimum atomic E-state index is -2.16. The van der Waals surface area contributed by atoms with Crippen molar-refractivity contribution in [2.75, 3.05) is 6.61 Å². The van der Waals surface area contributed by atoms with Crippen LogP contribution in [0.15, 0.2) is 17.9 Å². The van der Waals surface area contributed by atoms with Gasteiger partial charge in [-0.2, -0.15) is 4.21 Å². The van der Waals surface area contributed by atoms with Gasteiger partial charge in [0.2, 0.25) is 0 Å². The first-order chi connectivity index (χ1) is 6.02. The average molecular weight is 204 g/mol. The second-order valence-corrected chi connectivity index (χ2v) is 3.89. The normalized spacial score (nSPS) is 14.8. The van der Waals surface area contributed by atoms with E-state index in [1.54, 1.807) is 0 Å². The molecule has 13 heavy (non-hydrogen) atoms. The largest absolute Gasteiger partial charge is 0.301 e. The molecule has 0 saturated carbocycles. The Kier molecular flexibility index (Phi) is 6.82. The van der Waals surface area contributed by atoms with Gasteiger partial charge in [-0.3, -0.25) is 8.74 Å². The highest BCUT2D eigenvalue weighted by Gasteiger charge is 1.99. The summed E-state index contributed by atoms with van der Waals surface area (Å²) in [6.45, 7) is 6.26. The van der Waals surface area contributed by atoms with Gasteiger partial charge in [-0.1, -0.05) is 20.8 Å². The molecule has 0 fully saturated rings. The molecule has 0 aromatic heterocycles. The van der Waals surface area contributed by atoms with Gasteiger partial charge in [-0.05, 0) is 18.1 Å². The van der Waals surface area contributed by atoms with Crippen molar-refractivity contribution in [3.8, 4) is 0 Å². The molecule has 0 aliphatic heterocycles. The molecule has 1 N–H and O–H groups in total. The Morgan fingerprint density at radius 3 is 2.54 bits per heavy atom. The maximum absolute atomic E-state index is 10.1. The summed E-state index contributed by atoms with van der Waals surface area (Å²) in [7, 11) is 0. The van der Waals surface area contributed by atoms with E-state index in [0.717, 1.165) is 0 Å². The number of rotatable bonds is 5. The van der Waals surface area contributed by atoms with Gasteiger partial charge >= 0.3 is 11.4 Å². The van der Waals surface area contributed by atoms with Crippen LogP contribution in [-0.2, 0) is 15.5 Å². The Bertz CT molecular complexity index is 217. The van der Waals surface area contributed by atoms with E-state index in [2.05, 4.69) is 23.8 Å². The molecule has 0 aliphatic carbocycles. The van der Waals surface area contributed by atoms with Crippen molar-refractivity contribution < 1.29 is 12.9 Å². The summed E-state index contributed by atoms with van der Waals surface area (Å²) in [4.78, 5) is 0. The zero-order valence-corrected chi connectivity index (χ0v) is 9.00. The molecule has 0 spiro atoms. The van der Waals surface area contributed by atoms with Gasteiger partial charge < -0.3 is 0 Å². The fourth-order valence-corrected chi connectivity index (χ4v) is 0.957. The van der Waals surface area contributed by atoms with Gasteiger partial charge in [0.1, 0.15) is 0 Å². The van der Waals surface area contributed by atoms with Crippen molar-refractivity contribution in [2.24, 2.45) is 11.8 Å². The molecule has 0 saturated heterocycles. The van der Waals surface area contributed by atoms with Crippen LogP contribution < -0.4 is 0 Å². The summed E-state index contributed by atoms with van der Waals surface area (Å²) in [5, 5.41) is 0. The molecule has 0 aromatic rings. The van der Waals surface area contributed by atoms with Gasteiger partial charge in [-0.15, -0.1) is 5.73 Å². The van der Waals surface area contributed by atoms with Gasteiger partial charge in [0.15, 0.2) is 0 Å². The van der Waals surface area contributed by atoms with Crippen LogP contribution >= 0.6 is 0 Å². The molecular weight excluding hydrogens is 188 g/mol. The Morgan fingerprint density at radius 1 is 1.46 bits per heavy atom.